The third kappa shape index (κ3) is 3.15. The van der Waals surface area contributed by atoms with Crippen LogP contribution in [0, 0.1) is 0 Å². The molecule has 0 unspecified atom stereocenters. The van der Waals surface area contributed by atoms with Crippen LogP contribution in [-0.2, 0) is 6.42 Å². The molecule has 2 atom stereocenters. The van der Waals surface area contributed by atoms with Gasteiger partial charge in [0.05, 0.1) is 5.60 Å². The van der Waals surface area contributed by atoms with Gasteiger partial charge >= 0.3 is 0 Å². The summed E-state index contributed by atoms with van der Waals surface area (Å²) in [5, 5.41) is 13.6. The summed E-state index contributed by atoms with van der Waals surface area (Å²) in [6.07, 6.45) is 5.92. The number of nitrogens with zero attached hydrogens (tertiary/aromatic N) is 1. The standard InChI is InChI=1S/C15H22N2O2S/c1-3-11-9-16-8-6-12(11)14(18)17-10-15(19)7-5-13(15)20-4-2/h6,8-9,13,19H,3-5,7,10H2,1-2H3,(H,17,18)/t13-,15+/m0/s1. The minimum atomic E-state index is -0.740. The van der Waals surface area contributed by atoms with Gasteiger partial charge < -0.3 is 10.4 Å². The molecule has 0 radical (unpaired) electrons. The van der Waals surface area contributed by atoms with Crippen LogP contribution in [0.4, 0.5) is 0 Å². The molecule has 20 heavy (non-hydrogen) atoms. The van der Waals surface area contributed by atoms with Gasteiger partial charge in [0, 0.05) is 29.8 Å². The van der Waals surface area contributed by atoms with E-state index in [1.165, 1.54) is 0 Å². The van der Waals surface area contributed by atoms with E-state index in [2.05, 4.69) is 17.2 Å². The minimum absolute atomic E-state index is 0.121. The number of carbonyl (C=O) groups excluding carboxylic acids is 1. The Hall–Kier alpha value is -1.07. The summed E-state index contributed by atoms with van der Waals surface area (Å²) in [4.78, 5) is 16.3. The van der Waals surface area contributed by atoms with Crippen LogP contribution in [0.15, 0.2) is 18.5 Å². The van der Waals surface area contributed by atoms with Gasteiger partial charge in [-0.3, -0.25) is 9.78 Å². The molecular weight excluding hydrogens is 272 g/mol. The first-order valence-corrected chi connectivity index (χ1v) is 8.20. The normalized spacial score (nSPS) is 25.1. The predicted octanol–water partition coefficient (Wildman–Crippen LogP) is 2.02. The van der Waals surface area contributed by atoms with Crippen molar-refractivity contribution in [3.8, 4) is 0 Å². The monoisotopic (exact) mass is 294 g/mol. The van der Waals surface area contributed by atoms with Crippen LogP contribution in [0.3, 0.4) is 0 Å². The van der Waals surface area contributed by atoms with Crippen LogP contribution in [0.5, 0.6) is 0 Å². The molecule has 0 bridgehead atoms. The number of hydrogen-bond donors (Lipinski definition) is 2. The second-order valence-electron chi connectivity index (χ2n) is 5.16. The molecule has 5 heteroatoms. The number of pyridine rings is 1. The van der Waals surface area contributed by atoms with E-state index in [9.17, 15) is 9.90 Å². The van der Waals surface area contributed by atoms with Crippen molar-refractivity contribution in [2.75, 3.05) is 12.3 Å². The molecule has 0 aromatic carbocycles. The molecule has 1 aliphatic rings. The minimum Gasteiger partial charge on any atom is -0.387 e. The van der Waals surface area contributed by atoms with Gasteiger partial charge in [0.1, 0.15) is 0 Å². The smallest absolute Gasteiger partial charge is 0.251 e. The average molecular weight is 294 g/mol. The van der Waals surface area contributed by atoms with Gasteiger partial charge in [0.2, 0.25) is 0 Å². The van der Waals surface area contributed by atoms with Crippen molar-refractivity contribution in [1.82, 2.24) is 10.3 Å². The van der Waals surface area contributed by atoms with Gasteiger partial charge in [-0.25, -0.2) is 0 Å². The van der Waals surface area contributed by atoms with Gasteiger partial charge in [-0.15, -0.1) is 0 Å². The van der Waals surface area contributed by atoms with Crippen LogP contribution in [0.2, 0.25) is 0 Å². The lowest BCUT2D eigenvalue weighted by Gasteiger charge is -2.45. The Morgan fingerprint density at radius 2 is 2.40 bits per heavy atom. The van der Waals surface area contributed by atoms with E-state index in [4.69, 9.17) is 0 Å². The third-order valence-corrected chi connectivity index (χ3v) is 5.30. The SMILES string of the molecule is CCS[C@H]1CC[C@@]1(O)CNC(=O)c1ccncc1CC. The van der Waals surface area contributed by atoms with Gasteiger partial charge in [0.25, 0.3) is 5.91 Å². The topological polar surface area (TPSA) is 62.2 Å². The summed E-state index contributed by atoms with van der Waals surface area (Å²) < 4.78 is 0. The molecule has 1 aromatic heterocycles. The highest BCUT2D eigenvalue weighted by atomic mass is 32.2. The number of thioether (sulfide) groups is 1. The molecule has 1 heterocycles. The van der Waals surface area contributed by atoms with Crippen LogP contribution >= 0.6 is 11.8 Å². The Morgan fingerprint density at radius 3 is 3.00 bits per heavy atom. The van der Waals surface area contributed by atoms with E-state index < -0.39 is 5.60 Å². The highest BCUT2D eigenvalue weighted by Crippen LogP contribution is 2.40. The Bertz CT molecular complexity index is 481. The number of carbonyl (C=O) groups is 1. The maximum Gasteiger partial charge on any atom is 0.251 e. The molecule has 2 N–H and O–H groups in total. The summed E-state index contributed by atoms with van der Waals surface area (Å²) in [5.74, 6) is 0.871. The Morgan fingerprint density at radius 1 is 1.60 bits per heavy atom. The summed E-state index contributed by atoms with van der Waals surface area (Å²) in [6.45, 7) is 4.42. The Kier molecular flexibility index (Phi) is 5.05. The molecule has 1 aromatic rings. The number of nitrogens with one attached hydrogen (secondary N) is 1. The van der Waals surface area contributed by atoms with Crippen LogP contribution < -0.4 is 5.32 Å². The first kappa shape index (κ1) is 15.3. The van der Waals surface area contributed by atoms with Gasteiger partial charge in [-0.2, -0.15) is 11.8 Å². The highest BCUT2D eigenvalue weighted by Gasteiger charge is 2.45. The van der Waals surface area contributed by atoms with E-state index >= 15 is 0 Å². The van der Waals surface area contributed by atoms with Crippen molar-refractivity contribution < 1.29 is 9.90 Å². The fourth-order valence-electron chi connectivity index (χ4n) is 2.50. The molecule has 0 aliphatic heterocycles. The Balaban J connectivity index is 1.95. The largest absolute Gasteiger partial charge is 0.387 e. The van der Waals surface area contributed by atoms with Crippen LogP contribution in [-0.4, -0.2) is 39.1 Å². The molecule has 0 saturated heterocycles. The third-order valence-electron chi connectivity index (χ3n) is 3.89. The molecule has 110 valence electrons. The van der Waals surface area contributed by atoms with E-state index in [1.54, 1.807) is 30.2 Å². The lowest BCUT2D eigenvalue weighted by atomic mass is 9.79. The molecule has 1 aliphatic carbocycles. The average Bonchev–Trinajstić information content (AvgIpc) is 2.48. The Labute approximate surface area is 124 Å². The highest BCUT2D eigenvalue weighted by molar-refractivity contribution is 8.00. The second-order valence-corrected chi connectivity index (χ2v) is 6.64. The molecule has 1 amide bonds. The zero-order chi connectivity index (χ0) is 14.6. The van der Waals surface area contributed by atoms with Gasteiger partial charge in [0.15, 0.2) is 0 Å². The van der Waals surface area contributed by atoms with Crippen LogP contribution in [0.1, 0.15) is 42.6 Å². The first-order valence-electron chi connectivity index (χ1n) is 7.15. The van der Waals surface area contributed by atoms with Gasteiger partial charge in [-0.05, 0) is 36.6 Å². The fourth-order valence-corrected chi connectivity index (χ4v) is 3.69. The maximum absolute atomic E-state index is 12.2. The number of rotatable bonds is 6. The lowest BCUT2D eigenvalue weighted by Crippen LogP contribution is -2.57. The molecule has 1 saturated carbocycles. The fraction of sp³-hybridized carbons (Fsp3) is 0.600. The number of aryl methyl sites for hydroxylation is 1. The van der Waals surface area contributed by atoms with Crippen molar-refractivity contribution in [2.45, 2.75) is 44.0 Å². The van der Waals surface area contributed by atoms with Crippen molar-refractivity contribution in [3.63, 3.8) is 0 Å². The molecule has 1 fully saturated rings. The summed E-state index contributed by atoms with van der Waals surface area (Å²) in [7, 11) is 0. The summed E-state index contributed by atoms with van der Waals surface area (Å²) in [6, 6.07) is 1.73. The maximum atomic E-state index is 12.2. The summed E-state index contributed by atoms with van der Waals surface area (Å²) >= 11 is 1.77. The second kappa shape index (κ2) is 6.59. The van der Waals surface area contributed by atoms with Gasteiger partial charge in [-0.1, -0.05) is 13.8 Å². The molecule has 0 spiro atoms. The zero-order valence-electron chi connectivity index (χ0n) is 12.1. The van der Waals surface area contributed by atoms with Crippen molar-refractivity contribution in [2.24, 2.45) is 0 Å². The van der Waals surface area contributed by atoms with E-state index in [1.807, 2.05) is 6.92 Å². The predicted molar refractivity (Wildman–Crippen MR) is 82.1 cm³/mol. The van der Waals surface area contributed by atoms with E-state index in [-0.39, 0.29) is 11.2 Å². The molecule has 2 rings (SSSR count). The summed E-state index contributed by atoms with van der Waals surface area (Å²) in [5.41, 5.74) is 0.852. The van der Waals surface area contributed by atoms with E-state index in [0.29, 0.717) is 12.1 Å². The lowest BCUT2D eigenvalue weighted by molar-refractivity contribution is -0.0221. The zero-order valence-corrected chi connectivity index (χ0v) is 12.9. The van der Waals surface area contributed by atoms with Crippen molar-refractivity contribution >= 4 is 17.7 Å². The molecule has 4 nitrogen and oxygen atoms in total. The number of amides is 1. The number of aliphatic hydroxyl groups is 1. The van der Waals surface area contributed by atoms with Crippen molar-refractivity contribution in [3.05, 3.63) is 29.6 Å². The van der Waals surface area contributed by atoms with Crippen molar-refractivity contribution in [1.29, 1.82) is 0 Å². The number of hydrogen-bond acceptors (Lipinski definition) is 4. The molecular formula is C15H22N2O2S. The van der Waals surface area contributed by atoms with E-state index in [0.717, 1.165) is 30.6 Å². The van der Waals surface area contributed by atoms with Crippen LogP contribution in [0.25, 0.3) is 0 Å². The number of aromatic nitrogens is 1. The quantitative estimate of drug-likeness (QED) is 0.842. The first-order chi connectivity index (χ1) is 9.60.